The number of thiophene rings is 1. The molecule has 2 aromatic heterocycles. The summed E-state index contributed by atoms with van der Waals surface area (Å²) in [5.41, 5.74) is 23.4. The van der Waals surface area contributed by atoms with Gasteiger partial charge in [-0.3, -0.25) is 0 Å². The smallest absolute Gasteiger partial charge is 0.143 e. The van der Waals surface area contributed by atoms with Crippen LogP contribution in [0.1, 0.15) is 74.9 Å². The summed E-state index contributed by atoms with van der Waals surface area (Å²) < 4.78 is 9.49. The van der Waals surface area contributed by atoms with E-state index in [-0.39, 0.29) is 16.2 Å². The van der Waals surface area contributed by atoms with Gasteiger partial charge in [-0.15, -0.1) is 11.3 Å². The minimum absolute atomic E-state index is 0.117. The van der Waals surface area contributed by atoms with Crippen molar-refractivity contribution in [3.63, 3.8) is 0 Å². The van der Waals surface area contributed by atoms with E-state index in [0.29, 0.717) is 0 Å². The van der Waals surface area contributed by atoms with E-state index < -0.39 is 0 Å². The molecule has 0 unspecified atom stereocenters. The number of hydrogen-bond donors (Lipinski definition) is 0. The Labute approximate surface area is 389 Å². The molecule has 0 radical (unpaired) electrons. The average molecular weight is 866 g/mol. The number of fused-ring (bicyclic) bond motifs is 17. The minimum Gasteiger partial charge on any atom is -0.455 e. The Morgan fingerprint density at radius 3 is 1.71 bits per heavy atom. The average Bonchev–Trinajstić information content (AvgIpc) is 4.08. The quantitative estimate of drug-likeness (QED) is 0.175. The Morgan fingerprint density at radius 1 is 0.379 bits per heavy atom. The second kappa shape index (κ2) is 13.0. The number of nitrogens with zero attached hydrogens (tertiary/aromatic N) is 1. The van der Waals surface area contributed by atoms with Gasteiger partial charge < -0.3 is 9.32 Å². The third-order valence-electron chi connectivity index (χ3n) is 15.8. The van der Waals surface area contributed by atoms with Crippen molar-refractivity contribution in [2.24, 2.45) is 0 Å². The van der Waals surface area contributed by atoms with E-state index in [0.717, 1.165) is 39.2 Å². The lowest BCUT2D eigenvalue weighted by molar-refractivity contribution is 0.652. The Balaban J connectivity index is 0.927. The standard InChI is InChI=1S/C63H47NOS/c1-61(2)47-29-30-55-58(43-22-14-16-24-54(43)66-55)57(47)46-35-50-45(34-51(46)61)40-27-25-38(31-48(40)62(50,3)4)64(37-19-11-8-12-20-37)39-26-28-41-49(32-39)63(5,6)52-33-44(36-17-9-7-10-18-36)60-59(56(41)52)42-21-13-15-23-53(42)65-60/h7-35H,1-6H3. The SMILES string of the molecule is CC1(C)c2cc(N(c3ccccc3)c3ccc4c(c3)C(C)(C)c3cc(-c5ccccc5)c5oc6ccccc6c5c3-4)ccc2-c2cc3c(cc21)-c1c(ccc2sc4ccccc4c12)C3(C)C. The molecule has 2 heterocycles. The zero-order valence-electron chi connectivity index (χ0n) is 38.0. The monoisotopic (exact) mass is 865 g/mol. The first-order chi connectivity index (χ1) is 32.0. The minimum atomic E-state index is -0.269. The summed E-state index contributed by atoms with van der Waals surface area (Å²) in [5, 5.41) is 5.14. The van der Waals surface area contributed by atoms with Gasteiger partial charge >= 0.3 is 0 Å². The maximum absolute atomic E-state index is 6.77. The van der Waals surface area contributed by atoms with Crippen molar-refractivity contribution in [1.82, 2.24) is 0 Å². The highest BCUT2D eigenvalue weighted by Crippen LogP contribution is 2.60. The van der Waals surface area contributed by atoms with Gasteiger partial charge in [0.1, 0.15) is 11.2 Å². The van der Waals surface area contributed by atoms with Crippen LogP contribution in [0.3, 0.4) is 0 Å². The van der Waals surface area contributed by atoms with Crippen molar-refractivity contribution in [2.45, 2.75) is 57.8 Å². The first-order valence-corrected chi connectivity index (χ1v) is 24.1. The lowest BCUT2D eigenvalue weighted by Crippen LogP contribution is -2.18. The van der Waals surface area contributed by atoms with Crippen LogP contribution < -0.4 is 4.90 Å². The molecular weight excluding hydrogens is 819 g/mol. The van der Waals surface area contributed by atoms with Crippen LogP contribution in [-0.4, -0.2) is 0 Å². The zero-order chi connectivity index (χ0) is 44.4. The molecule has 0 aliphatic heterocycles. The molecule has 3 aliphatic carbocycles. The summed E-state index contributed by atoms with van der Waals surface area (Å²) >= 11 is 1.91. The van der Waals surface area contributed by atoms with Crippen molar-refractivity contribution in [3.8, 4) is 44.5 Å². The van der Waals surface area contributed by atoms with Gasteiger partial charge in [0, 0.05) is 69.8 Å². The fourth-order valence-corrected chi connectivity index (χ4v) is 13.6. The van der Waals surface area contributed by atoms with Crippen LogP contribution in [0, 0.1) is 0 Å². The van der Waals surface area contributed by atoms with E-state index in [1.807, 2.05) is 11.3 Å². The maximum Gasteiger partial charge on any atom is 0.143 e. The summed E-state index contributed by atoms with van der Waals surface area (Å²) in [6.45, 7) is 14.5. The fraction of sp³-hybridized carbons (Fsp3) is 0.143. The normalized spacial score (nSPS) is 15.5. The molecule has 0 atom stereocenters. The highest BCUT2D eigenvalue weighted by atomic mass is 32.1. The van der Waals surface area contributed by atoms with E-state index in [1.54, 1.807) is 0 Å². The molecule has 316 valence electrons. The van der Waals surface area contributed by atoms with Crippen LogP contribution in [0.4, 0.5) is 17.1 Å². The van der Waals surface area contributed by atoms with Crippen LogP contribution in [0.25, 0.3) is 86.6 Å². The summed E-state index contributed by atoms with van der Waals surface area (Å²) in [4.78, 5) is 2.47. The van der Waals surface area contributed by atoms with E-state index in [9.17, 15) is 0 Å². The Hall–Kier alpha value is -7.20. The highest BCUT2D eigenvalue weighted by molar-refractivity contribution is 7.26. The van der Waals surface area contributed by atoms with E-state index >= 15 is 0 Å². The lowest BCUT2D eigenvalue weighted by atomic mass is 9.79. The largest absolute Gasteiger partial charge is 0.455 e. The predicted octanol–water partition coefficient (Wildman–Crippen LogP) is 18.0. The summed E-state index contributed by atoms with van der Waals surface area (Å²) in [6.07, 6.45) is 0. The van der Waals surface area contributed by atoms with Crippen molar-refractivity contribution in [3.05, 3.63) is 209 Å². The first kappa shape index (κ1) is 38.1. The Kier molecular flexibility index (Phi) is 7.50. The topological polar surface area (TPSA) is 16.4 Å². The van der Waals surface area contributed by atoms with Crippen molar-refractivity contribution in [2.75, 3.05) is 4.90 Å². The fourth-order valence-electron chi connectivity index (χ4n) is 12.5. The number of rotatable bonds is 4. The molecule has 0 saturated heterocycles. The van der Waals surface area contributed by atoms with Gasteiger partial charge in [-0.05, 0) is 145 Å². The van der Waals surface area contributed by atoms with Crippen molar-refractivity contribution >= 4 is 70.5 Å². The molecule has 0 spiro atoms. The second-order valence-corrected chi connectivity index (χ2v) is 21.5. The molecule has 0 fully saturated rings. The van der Waals surface area contributed by atoms with Crippen LogP contribution >= 0.6 is 11.3 Å². The lowest BCUT2D eigenvalue weighted by Gasteiger charge is -2.29. The van der Waals surface area contributed by atoms with Gasteiger partial charge in [0.15, 0.2) is 0 Å². The molecule has 0 amide bonds. The van der Waals surface area contributed by atoms with Crippen molar-refractivity contribution < 1.29 is 4.42 Å². The third kappa shape index (κ3) is 4.91. The zero-order valence-corrected chi connectivity index (χ0v) is 38.8. The van der Waals surface area contributed by atoms with Crippen molar-refractivity contribution in [1.29, 1.82) is 0 Å². The maximum atomic E-state index is 6.77. The predicted molar refractivity (Wildman–Crippen MR) is 279 cm³/mol. The molecule has 14 rings (SSSR count). The summed E-state index contributed by atoms with van der Waals surface area (Å²) in [5.74, 6) is 0. The van der Waals surface area contributed by atoms with Gasteiger partial charge in [0.25, 0.3) is 0 Å². The Bertz CT molecular complexity index is 3900. The number of para-hydroxylation sites is 2. The summed E-state index contributed by atoms with van der Waals surface area (Å²) in [6, 6.07) is 65.8. The number of benzene rings is 9. The Morgan fingerprint density at radius 2 is 0.939 bits per heavy atom. The van der Waals surface area contributed by atoms with Crippen LogP contribution in [0.5, 0.6) is 0 Å². The van der Waals surface area contributed by atoms with Crippen LogP contribution in [0.15, 0.2) is 180 Å². The van der Waals surface area contributed by atoms with Crippen LogP contribution in [0.2, 0.25) is 0 Å². The van der Waals surface area contributed by atoms with Gasteiger partial charge in [-0.1, -0.05) is 145 Å². The molecule has 11 aromatic rings. The third-order valence-corrected chi connectivity index (χ3v) is 17.0. The molecule has 3 heteroatoms. The molecule has 2 nitrogen and oxygen atoms in total. The highest BCUT2D eigenvalue weighted by Gasteiger charge is 2.44. The van der Waals surface area contributed by atoms with Gasteiger partial charge in [0.2, 0.25) is 0 Å². The van der Waals surface area contributed by atoms with Crippen LogP contribution in [-0.2, 0) is 16.2 Å². The van der Waals surface area contributed by atoms with Gasteiger partial charge in [-0.25, -0.2) is 0 Å². The second-order valence-electron chi connectivity index (χ2n) is 20.4. The molecule has 66 heavy (non-hydrogen) atoms. The molecule has 3 aliphatic rings. The van der Waals surface area contributed by atoms with E-state index in [2.05, 4.69) is 222 Å². The van der Waals surface area contributed by atoms with Gasteiger partial charge in [-0.2, -0.15) is 0 Å². The number of anilines is 3. The molecule has 0 N–H and O–H groups in total. The molecule has 0 bridgehead atoms. The van der Waals surface area contributed by atoms with E-state index in [1.165, 1.54) is 97.9 Å². The van der Waals surface area contributed by atoms with Gasteiger partial charge in [0.05, 0.1) is 0 Å². The molecule has 0 saturated carbocycles. The summed E-state index contributed by atoms with van der Waals surface area (Å²) in [7, 11) is 0. The molecule has 9 aromatic carbocycles. The first-order valence-electron chi connectivity index (χ1n) is 23.3. The number of furan rings is 1. The van der Waals surface area contributed by atoms with E-state index in [4.69, 9.17) is 4.42 Å². The molecular formula is C63H47NOS. The number of hydrogen-bond acceptors (Lipinski definition) is 3.